The van der Waals surface area contributed by atoms with Crippen LogP contribution in [0.3, 0.4) is 0 Å². The average molecular weight is 170 g/mol. The molecule has 66 valence electrons. The molecule has 2 N–H and O–H groups in total. The topological polar surface area (TPSA) is 40.5 Å². The van der Waals surface area contributed by atoms with E-state index in [0.717, 1.165) is 0 Å². The lowest BCUT2D eigenvalue weighted by molar-refractivity contribution is 0.410. The Morgan fingerprint density at radius 3 is 1.75 bits per heavy atom. The zero-order valence-electron chi connectivity index (χ0n) is 7.27. The van der Waals surface area contributed by atoms with Gasteiger partial charge in [-0.05, 0) is 26.3 Å². The van der Waals surface area contributed by atoms with Crippen molar-refractivity contribution in [2.24, 2.45) is 0 Å². The zero-order valence-corrected chi connectivity index (χ0v) is 7.27. The van der Waals surface area contributed by atoms with E-state index in [1.54, 1.807) is 13.8 Å². The Hall–Kier alpha value is -1.25. The first-order valence-corrected chi connectivity index (χ1v) is 3.64. The molecule has 0 aliphatic rings. The predicted molar refractivity (Wildman–Crippen MR) is 43.9 cm³/mol. The van der Waals surface area contributed by atoms with Crippen LogP contribution >= 0.6 is 0 Å². The molecule has 1 rings (SSSR count). The minimum absolute atomic E-state index is 0.0807. The Bertz CT molecular complexity index is 227. The van der Waals surface area contributed by atoms with E-state index < -0.39 is 5.82 Å². The van der Waals surface area contributed by atoms with Gasteiger partial charge in [0.05, 0.1) is 0 Å². The van der Waals surface area contributed by atoms with Crippen LogP contribution in [0.5, 0.6) is 11.5 Å². The molecular formula is C9H11FO2. The molecule has 0 aliphatic carbocycles. The fourth-order valence-corrected chi connectivity index (χ4v) is 1.08. The largest absolute Gasteiger partial charge is 0.507 e. The van der Waals surface area contributed by atoms with Crippen molar-refractivity contribution >= 4 is 0 Å². The molecule has 0 aromatic heterocycles. The normalized spacial score (nSPS) is 10.3. The van der Waals surface area contributed by atoms with E-state index in [4.69, 9.17) is 0 Å². The standard InChI is InChI=1S/C9H11FO2/c1-4-5(2)9(12)7(10)6(3)8(4)11/h11-12H,1-3H3. The number of rotatable bonds is 0. The Balaban J connectivity index is 3.60. The van der Waals surface area contributed by atoms with Crippen LogP contribution in [0.2, 0.25) is 0 Å². The minimum atomic E-state index is -0.740. The highest BCUT2D eigenvalue weighted by Crippen LogP contribution is 2.34. The average Bonchev–Trinajstić information content (AvgIpc) is 2.08. The second-order valence-corrected chi connectivity index (χ2v) is 2.89. The fourth-order valence-electron chi connectivity index (χ4n) is 1.08. The summed E-state index contributed by atoms with van der Waals surface area (Å²) in [6.07, 6.45) is 0. The van der Waals surface area contributed by atoms with Gasteiger partial charge in [0, 0.05) is 11.1 Å². The monoisotopic (exact) mass is 170 g/mol. The lowest BCUT2D eigenvalue weighted by Crippen LogP contribution is -1.92. The quantitative estimate of drug-likeness (QED) is 0.586. The van der Waals surface area contributed by atoms with Crippen molar-refractivity contribution in [1.29, 1.82) is 0 Å². The van der Waals surface area contributed by atoms with Gasteiger partial charge in [0.15, 0.2) is 11.6 Å². The Morgan fingerprint density at radius 1 is 0.833 bits per heavy atom. The Labute approximate surface area is 70.3 Å². The number of aromatic hydroxyl groups is 2. The van der Waals surface area contributed by atoms with Gasteiger partial charge in [0.25, 0.3) is 0 Å². The number of benzene rings is 1. The molecule has 0 bridgehead atoms. The van der Waals surface area contributed by atoms with Crippen molar-refractivity contribution in [2.75, 3.05) is 0 Å². The molecule has 0 fully saturated rings. The van der Waals surface area contributed by atoms with E-state index in [0.29, 0.717) is 11.1 Å². The first kappa shape index (κ1) is 8.84. The van der Waals surface area contributed by atoms with Gasteiger partial charge in [-0.1, -0.05) is 0 Å². The molecule has 12 heavy (non-hydrogen) atoms. The molecule has 0 radical (unpaired) electrons. The minimum Gasteiger partial charge on any atom is -0.507 e. The third-order valence-electron chi connectivity index (χ3n) is 2.17. The van der Waals surface area contributed by atoms with Crippen molar-refractivity contribution in [3.63, 3.8) is 0 Å². The summed E-state index contributed by atoms with van der Waals surface area (Å²) in [5.74, 6) is -1.19. The van der Waals surface area contributed by atoms with Crippen LogP contribution in [-0.2, 0) is 0 Å². The Morgan fingerprint density at radius 2 is 1.25 bits per heavy atom. The molecule has 2 nitrogen and oxygen atoms in total. The van der Waals surface area contributed by atoms with Crippen LogP contribution in [0.4, 0.5) is 4.39 Å². The maximum atomic E-state index is 13.0. The molecule has 0 unspecified atom stereocenters. The molecule has 0 heterocycles. The summed E-state index contributed by atoms with van der Waals surface area (Å²) in [7, 11) is 0. The van der Waals surface area contributed by atoms with Crippen molar-refractivity contribution in [1.82, 2.24) is 0 Å². The molecular weight excluding hydrogens is 159 g/mol. The summed E-state index contributed by atoms with van der Waals surface area (Å²) >= 11 is 0. The highest BCUT2D eigenvalue weighted by atomic mass is 19.1. The first-order chi connectivity index (χ1) is 5.46. The third kappa shape index (κ3) is 1.02. The van der Waals surface area contributed by atoms with Crippen molar-refractivity contribution in [3.05, 3.63) is 22.5 Å². The number of phenolic OH excluding ortho intramolecular Hbond substituents is 2. The van der Waals surface area contributed by atoms with Gasteiger partial charge < -0.3 is 10.2 Å². The highest BCUT2D eigenvalue weighted by molar-refractivity contribution is 5.51. The van der Waals surface area contributed by atoms with Crippen LogP contribution < -0.4 is 0 Å². The maximum Gasteiger partial charge on any atom is 0.171 e. The van der Waals surface area contributed by atoms with E-state index in [2.05, 4.69) is 0 Å². The third-order valence-corrected chi connectivity index (χ3v) is 2.17. The molecule has 0 spiro atoms. The van der Waals surface area contributed by atoms with Crippen LogP contribution in [-0.4, -0.2) is 10.2 Å². The van der Waals surface area contributed by atoms with Gasteiger partial charge in [-0.3, -0.25) is 0 Å². The summed E-state index contributed by atoms with van der Waals surface area (Å²) < 4.78 is 13.0. The number of hydrogen-bond acceptors (Lipinski definition) is 2. The van der Waals surface area contributed by atoms with Crippen LogP contribution in [0.1, 0.15) is 16.7 Å². The van der Waals surface area contributed by atoms with Crippen molar-refractivity contribution in [2.45, 2.75) is 20.8 Å². The number of hydrogen-bond donors (Lipinski definition) is 2. The SMILES string of the molecule is Cc1c(C)c(O)c(F)c(C)c1O. The van der Waals surface area contributed by atoms with Gasteiger partial charge in [-0.2, -0.15) is 0 Å². The second kappa shape index (κ2) is 2.66. The molecule has 0 saturated carbocycles. The van der Waals surface area contributed by atoms with E-state index in [9.17, 15) is 14.6 Å². The second-order valence-electron chi connectivity index (χ2n) is 2.89. The van der Waals surface area contributed by atoms with E-state index in [1.165, 1.54) is 6.92 Å². The molecule has 0 saturated heterocycles. The zero-order chi connectivity index (χ0) is 9.46. The molecule has 1 aromatic carbocycles. The molecule has 3 heteroatoms. The van der Waals surface area contributed by atoms with Gasteiger partial charge in [-0.15, -0.1) is 0 Å². The summed E-state index contributed by atoms with van der Waals surface area (Å²) in [4.78, 5) is 0. The summed E-state index contributed by atoms with van der Waals surface area (Å²) in [6, 6.07) is 0. The van der Waals surface area contributed by atoms with E-state index in [-0.39, 0.29) is 17.1 Å². The van der Waals surface area contributed by atoms with Crippen LogP contribution in [0.15, 0.2) is 0 Å². The van der Waals surface area contributed by atoms with E-state index >= 15 is 0 Å². The predicted octanol–water partition coefficient (Wildman–Crippen LogP) is 2.16. The summed E-state index contributed by atoms with van der Waals surface area (Å²) in [6.45, 7) is 4.63. The molecule has 0 amide bonds. The van der Waals surface area contributed by atoms with Gasteiger partial charge in [0.1, 0.15) is 5.75 Å². The van der Waals surface area contributed by atoms with Gasteiger partial charge >= 0.3 is 0 Å². The summed E-state index contributed by atoms with van der Waals surface area (Å²) in [5, 5.41) is 18.5. The highest BCUT2D eigenvalue weighted by Gasteiger charge is 2.15. The lowest BCUT2D eigenvalue weighted by atomic mass is 10.0. The van der Waals surface area contributed by atoms with Gasteiger partial charge in [-0.25, -0.2) is 4.39 Å². The van der Waals surface area contributed by atoms with E-state index in [1.807, 2.05) is 0 Å². The first-order valence-electron chi connectivity index (χ1n) is 3.64. The smallest absolute Gasteiger partial charge is 0.171 e. The maximum absolute atomic E-state index is 13.0. The number of phenols is 2. The van der Waals surface area contributed by atoms with Crippen molar-refractivity contribution in [3.8, 4) is 11.5 Å². The summed E-state index contributed by atoms with van der Waals surface area (Å²) in [5.41, 5.74) is 0.998. The molecule has 1 aromatic rings. The van der Waals surface area contributed by atoms with Crippen LogP contribution in [0.25, 0.3) is 0 Å². The van der Waals surface area contributed by atoms with Gasteiger partial charge in [0.2, 0.25) is 0 Å². The molecule has 0 aliphatic heterocycles. The van der Waals surface area contributed by atoms with Crippen LogP contribution in [0, 0.1) is 26.6 Å². The lowest BCUT2D eigenvalue weighted by Gasteiger charge is -2.09. The fraction of sp³-hybridized carbons (Fsp3) is 0.333. The number of halogens is 1. The molecule has 0 atom stereocenters. The van der Waals surface area contributed by atoms with Crippen molar-refractivity contribution < 1.29 is 14.6 Å². The Kier molecular flexibility index (Phi) is 1.96.